The van der Waals surface area contributed by atoms with E-state index in [9.17, 15) is 13.2 Å². The molecule has 16 heavy (non-hydrogen) atoms. The van der Waals surface area contributed by atoms with Crippen LogP contribution in [0.5, 0.6) is 0 Å². The van der Waals surface area contributed by atoms with Crippen molar-refractivity contribution in [3.05, 3.63) is 0 Å². The highest BCUT2D eigenvalue weighted by atomic mass is 32.3. The third-order valence-corrected chi connectivity index (χ3v) is 2.82. The summed E-state index contributed by atoms with van der Waals surface area (Å²) in [5.41, 5.74) is 5.19. The molecule has 0 aliphatic rings. The fourth-order valence-corrected chi connectivity index (χ4v) is 1.06. The van der Waals surface area contributed by atoms with Crippen LogP contribution in [0.15, 0.2) is 0 Å². The molecule has 7 nitrogen and oxygen atoms in total. The van der Waals surface area contributed by atoms with E-state index < -0.39 is 22.4 Å². The molecule has 0 aliphatic heterocycles. The van der Waals surface area contributed by atoms with Gasteiger partial charge in [-0.05, 0) is 18.4 Å². The van der Waals surface area contributed by atoms with E-state index in [4.69, 9.17) is 10.8 Å². The molecular formula is C7H17NO6S2. The Kier molecular flexibility index (Phi) is 11.1. The second-order valence-electron chi connectivity index (χ2n) is 2.47. The van der Waals surface area contributed by atoms with Crippen molar-refractivity contribution in [1.29, 1.82) is 0 Å². The van der Waals surface area contributed by atoms with Gasteiger partial charge in [0.2, 0.25) is 0 Å². The SMILES string of the molecule is COS(=O)(=O)OC.CSCCC(N)C(=O)O. The maximum absolute atomic E-state index is 10.1. The first-order chi connectivity index (χ1) is 7.30. The van der Waals surface area contributed by atoms with E-state index in [2.05, 4.69) is 8.37 Å². The molecule has 0 radical (unpaired) electrons. The monoisotopic (exact) mass is 275 g/mol. The summed E-state index contributed by atoms with van der Waals surface area (Å²) in [7, 11) is -1.60. The molecule has 0 aromatic heterocycles. The van der Waals surface area contributed by atoms with E-state index in [0.29, 0.717) is 6.42 Å². The largest absolute Gasteiger partial charge is 0.480 e. The van der Waals surface area contributed by atoms with Crippen molar-refractivity contribution in [1.82, 2.24) is 0 Å². The Labute approximate surface area is 99.6 Å². The number of hydrogen-bond acceptors (Lipinski definition) is 7. The Balaban J connectivity index is 0. The van der Waals surface area contributed by atoms with Crippen molar-refractivity contribution in [3.8, 4) is 0 Å². The molecule has 0 bridgehead atoms. The minimum absolute atomic E-state index is 0.552. The summed E-state index contributed by atoms with van der Waals surface area (Å²) >= 11 is 1.60. The van der Waals surface area contributed by atoms with Crippen LogP contribution in [0.1, 0.15) is 6.42 Å². The highest BCUT2D eigenvalue weighted by Gasteiger charge is 2.08. The van der Waals surface area contributed by atoms with Crippen molar-refractivity contribution in [2.75, 3.05) is 26.2 Å². The molecule has 0 spiro atoms. The first-order valence-corrected chi connectivity index (χ1v) is 6.87. The molecule has 0 aliphatic carbocycles. The second-order valence-corrected chi connectivity index (χ2v) is 4.94. The van der Waals surface area contributed by atoms with Gasteiger partial charge in [0, 0.05) is 0 Å². The number of thioether (sulfide) groups is 1. The first kappa shape index (κ1) is 18.0. The minimum atomic E-state index is -3.66. The second kappa shape index (κ2) is 9.85. The Morgan fingerprint density at radius 2 is 1.88 bits per heavy atom. The predicted molar refractivity (Wildman–Crippen MR) is 61.5 cm³/mol. The molecule has 1 atom stereocenters. The van der Waals surface area contributed by atoms with Gasteiger partial charge in [-0.2, -0.15) is 20.2 Å². The summed E-state index contributed by atoms with van der Waals surface area (Å²) in [6.45, 7) is 0. The molecule has 1 unspecified atom stereocenters. The Morgan fingerprint density at radius 1 is 1.44 bits per heavy atom. The molecule has 0 saturated heterocycles. The molecule has 0 fully saturated rings. The number of carboxylic acids is 1. The molecular weight excluding hydrogens is 258 g/mol. The van der Waals surface area contributed by atoms with Crippen LogP contribution in [-0.2, 0) is 23.6 Å². The lowest BCUT2D eigenvalue weighted by molar-refractivity contribution is -0.138. The van der Waals surface area contributed by atoms with Gasteiger partial charge in [-0.1, -0.05) is 0 Å². The third kappa shape index (κ3) is 11.7. The summed E-state index contributed by atoms with van der Waals surface area (Å²) in [5, 5.41) is 8.27. The van der Waals surface area contributed by atoms with E-state index in [1.165, 1.54) is 0 Å². The Bertz CT molecular complexity index is 269. The highest BCUT2D eigenvalue weighted by molar-refractivity contribution is 7.98. The maximum Gasteiger partial charge on any atom is 0.399 e. The molecule has 9 heteroatoms. The van der Waals surface area contributed by atoms with Crippen molar-refractivity contribution >= 4 is 28.1 Å². The smallest absolute Gasteiger partial charge is 0.399 e. The summed E-state index contributed by atoms with van der Waals surface area (Å²) in [4.78, 5) is 10.1. The standard InChI is InChI=1S/C5H11NO2S.C2H6O4S/c1-9-3-2-4(6)5(7)8;1-5-7(3,4)6-2/h4H,2-3,6H2,1H3,(H,7,8);1-2H3. The Hall–Kier alpha value is -0.350. The average molecular weight is 275 g/mol. The molecule has 3 N–H and O–H groups in total. The zero-order valence-corrected chi connectivity index (χ0v) is 11.0. The van der Waals surface area contributed by atoms with E-state index in [1.807, 2.05) is 6.26 Å². The number of hydrogen-bond donors (Lipinski definition) is 2. The molecule has 98 valence electrons. The van der Waals surface area contributed by atoms with E-state index in [0.717, 1.165) is 20.0 Å². The van der Waals surface area contributed by atoms with Gasteiger partial charge in [-0.15, -0.1) is 0 Å². The van der Waals surface area contributed by atoms with Gasteiger partial charge in [0.05, 0.1) is 14.2 Å². The predicted octanol–water partition coefficient (Wildman–Crippen LogP) is -0.325. The van der Waals surface area contributed by atoms with Gasteiger partial charge < -0.3 is 10.8 Å². The van der Waals surface area contributed by atoms with Crippen LogP contribution in [0.2, 0.25) is 0 Å². The summed E-state index contributed by atoms with van der Waals surface area (Å²) in [5.74, 6) is -0.1000. The quantitative estimate of drug-likeness (QED) is 0.677. The summed E-state index contributed by atoms with van der Waals surface area (Å²) < 4.78 is 27.5. The highest BCUT2D eigenvalue weighted by Crippen LogP contribution is 1.97. The van der Waals surface area contributed by atoms with E-state index in [-0.39, 0.29) is 0 Å². The topological polar surface area (TPSA) is 116 Å². The van der Waals surface area contributed by atoms with Crippen LogP contribution in [0.25, 0.3) is 0 Å². The lowest BCUT2D eigenvalue weighted by Crippen LogP contribution is -2.30. The fourth-order valence-electron chi connectivity index (χ4n) is 0.436. The maximum atomic E-state index is 10.1. The number of carbonyl (C=O) groups is 1. The van der Waals surface area contributed by atoms with Gasteiger partial charge in [-0.25, -0.2) is 0 Å². The van der Waals surface area contributed by atoms with Crippen molar-refractivity contribution in [3.63, 3.8) is 0 Å². The van der Waals surface area contributed by atoms with Crippen LogP contribution in [-0.4, -0.2) is 51.8 Å². The van der Waals surface area contributed by atoms with Crippen LogP contribution in [0.4, 0.5) is 0 Å². The van der Waals surface area contributed by atoms with Crippen molar-refractivity contribution < 1.29 is 26.7 Å². The van der Waals surface area contributed by atoms with Crippen LogP contribution >= 0.6 is 11.8 Å². The van der Waals surface area contributed by atoms with Gasteiger partial charge in [0.15, 0.2) is 0 Å². The molecule has 0 aromatic rings. The molecule has 0 saturated carbocycles. The van der Waals surface area contributed by atoms with E-state index in [1.54, 1.807) is 11.8 Å². The van der Waals surface area contributed by atoms with Crippen molar-refractivity contribution in [2.45, 2.75) is 12.5 Å². The lowest BCUT2D eigenvalue weighted by atomic mass is 10.2. The zero-order chi connectivity index (χ0) is 13.2. The number of aliphatic carboxylic acids is 1. The van der Waals surface area contributed by atoms with Gasteiger partial charge in [0.1, 0.15) is 6.04 Å². The molecule has 0 amide bonds. The molecule has 0 heterocycles. The van der Waals surface area contributed by atoms with Crippen LogP contribution in [0, 0.1) is 0 Å². The lowest BCUT2D eigenvalue weighted by Gasteiger charge is -2.02. The third-order valence-electron chi connectivity index (χ3n) is 1.36. The van der Waals surface area contributed by atoms with Crippen LogP contribution < -0.4 is 5.73 Å². The van der Waals surface area contributed by atoms with Crippen LogP contribution in [0.3, 0.4) is 0 Å². The number of rotatable bonds is 6. The molecule has 0 rings (SSSR count). The first-order valence-electron chi connectivity index (χ1n) is 4.14. The number of nitrogens with two attached hydrogens (primary N) is 1. The van der Waals surface area contributed by atoms with Gasteiger partial charge in [-0.3, -0.25) is 13.2 Å². The Morgan fingerprint density at radius 3 is 2.06 bits per heavy atom. The zero-order valence-electron chi connectivity index (χ0n) is 9.37. The average Bonchev–Trinajstić information content (AvgIpc) is 2.26. The minimum Gasteiger partial charge on any atom is -0.480 e. The summed E-state index contributed by atoms with van der Waals surface area (Å²) in [6, 6.07) is -0.683. The normalized spacial score (nSPS) is 12.5. The van der Waals surface area contributed by atoms with Crippen molar-refractivity contribution in [2.24, 2.45) is 5.73 Å². The summed E-state index contributed by atoms with van der Waals surface area (Å²) in [6.07, 6.45) is 2.48. The van der Waals surface area contributed by atoms with Gasteiger partial charge >= 0.3 is 16.4 Å². The van der Waals surface area contributed by atoms with Gasteiger partial charge in [0.25, 0.3) is 0 Å². The fraction of sp³-hybridized carbons (Fsp3) is 0.857. The molecule has 0 aromatic carbocycles. The number of carboxylic acid groups (broad SMARTS) is 1. The van der Waals surface area contributed by atoms with E-state index >= 15 is 0 Å².